The van der Waals surface area contributed by atoms with Crippen molar-refractivity contribution in [3.8, 4) is 28.7 Å². The molecule has 0 unspecified atom stereocenters. The van der Waals surface area contributed by atoms with Gasteiger partial charge in [-0.15, -0.1) is 0 Å². The topological polar surface area (TPSA) is 93.1 Å². The molecule has 0 amide bonds. The van der Waals surface area contributed by atoms with Crippen LogP contribution in [-0.2, 0) is 10.8 Å². The van der Waals surface area contributed by atoms with Crippen LogP contribution in [0.1, 0.15) is 81.8 Å². The number of carbonyl (C=O) groups is 2. The minimum absolute atomic E-state index is 0.151. The van der Waals surface area contributed by atoms with E-state index in [1.54, 1.807) is 55.6 Å². The zero-order valence-corrected chi connectivity index (χ0v) is 37.1. The van der Waals surface area contributed by atoms with E-state index in [4.69, 9.17) is 9.47 Å². The average Bonchev–Trinajstić information content (AvgIpc) is 3.33. The summed E-state index contributed by atoms with van der Waals surface area (Å²) in [6.07, 6.45) is 0. The molecule has 0 aliphatic heterocycles. The molecule has 0 saturated carbocycles. The summed E-state index contributed by atoms with van der Waals surface area (Å²) in [5, 5.41) is 18.6. The third kappa shape index (κ3) is 12.2. The van der Waals surface area contributed by atoms with Crippen molar-refractivity contribution in [3.05, 3.63) is 256 Å². The van der Waals surface area contributed by atoms with Crippen LogP contribution in [0.3, 0.4) is 0 Å². The number of halogens is 3. The SMILES string of the molecule is CC(C)(c1ccc(O)cc1)c1ccc(O)cc1.COc1ccc(C(C)(C)c2ccc(Oc3ccc(C(=O)c4ccc(F)cc4)cc3)cc2)cc1.O=C(c1ccc(F)cc1)c1ccc(F)cc1. The van der Waals surface area contributed by atoms with Crippen LogP contribution in [0.25, 0.3) is 0 Å². The summed E-state index contributed by atoms with van der Waals surface area (Å²) < 4.78 is 49.6. The van der Waals surface area contributed by atoms with Crippen molar-refractivity contribution in [1.82, 2.24) is 0 Å². The Morgan fingerprint density at radius 2 is 0.591 bits per heavy atom. The number of aromatic hydroxyl groups is 2. The molecule has 0 aliphatic carbocycles. The first-order chi connectivity index (χ1) is 31.5. The second-order valence-electron chi connectivity index (χ2n) is 16.4. The highest BCUT2D eigenvalue weighted by Gasteiger charge is 2.24. The fourth-order valence-corrected chi connectivity index (χ4v) is 6.98. The van der Waals surface area contributed by atoms with E-state index in [2.05, 4.69) is 52.0 Å². The van der Waals surface area contributed by atoms with Crippen LogP contribution in [0, 0.1) is 17.5 Å². The van der Waals surface area contributed by atoms with Crippen LogP contribution in [0.5, 0.6) is 28.7 Å². The Bertz CT molecular complexity index is 2730. The maximum absolute atomic E-state index is 13.1. The Balaban J connectivity index is 0.000000182. The summed E-state index contributed by atoms with van der Waals surface area (Å²) in [5.41, 5.74) is 6.02. The molecule has 0 fully saturated rings. The van der Waals surface area contributed by atoms with Gasteiger partial charge in [0.25, 0.3) is 0 Å². The second-order valence-corrected chi connectivity index (χ2v) is 16.4. The fourth-order valence-electron chi connectivity index (χ4n) is 6.98. The summed E-state index contributed by atoms with van der Waals surface area (Å²) in [6, 6.07) is 53.5. The van der Waals surface area contributed by atoms with Crippen molar-refractivity contribution >= 4 is 11.6 Å². The summed E-state index contributed by atoms with van der Waals surface area (Å²) >= 11 is 0. The number of hydrogen-bond acceptors (Lipinski definition) is 6. The number of rotatable bonds is 11. The maximum atomic E-state index is 13.1. The van der Waals surface area contributed by atoms with Crippen LogP contribution in [0.4, 0.5) is 13.2 Å². The number of phenols is 2. The van der Waals surface area contributed by atoms with Gasteiger partial charge in [-0.1, -0.05) is 76.2 Å². The van der Waals surface area contributed by atoms with Crippen LogP contribution >= 0.6 is 0 Å². The minimum atomic E-state index is -0.393. The van der Waals surface area contributed by atoms with Gasteiger partial charge in [0.15, 0.2) is 11.6 Å². The highest BCUT2D eigenvalue weighted by atomic mass is 19.1. The van der Waals surface area contributed by atoms with Crippen LogP contribution in [0.15, 0.2) is 194 Å². The first-order valence-corrected chi connectivity index (χ1v) is 21.0. The number of ketones is 2. The number of methoxy groups -OCH3 is 1. The number of hydrogen-bond donors (Lipinski definition) is 2. The number of ether oxygens (including phenoxy) is 2. The van der Waals surface area contributed by atoms with E-state index in [1.165, 1.54) is 83.9 Å². The monoisotopic (exact) mass is 886 g/mol. The van der Waals surface area contributed by atoms with Crippen molar-refractivity contribution in [2.24, 2.45) is 0 Å². The molecule has 0 heterocycles. The molecule has 66 heavy (non-hydrogen) atoms. The van der Waals surface area contributed by atoms with Crippen molar-refractivity contribution < 1.29 is 42.4 Å². The molecule has 0 radical (unpaired) electrons. The van der Waals surface area contributed by atoms with Gasteiger partial charge >= 0.3 is 0 Å². The van der Waals surface area contributed by atoms with Crippen LogP contribution in [-0.4, -0.2) is 28.9 Å². The first kappa shape index (κ1) is 47.6. The van der Waals surface area contributed by atoms with E-state index in [9.17, 15) is 33.0 Å². The molecule has 0 atom stereocenters. The van der Waals surface area contributed by atoms with E-state index in [-0.39, 0.29) is 39.7 Å². The molecule has 6 nitrogen and oxygen atoms in total. The largest absolute Gasteiger partial charge is 0.508 e. The maximum Gasteiger partial charge on any atom is 0.193 e. The molecule has 0 aliphatic rings. The summed E-state index contributed by atoms with van der Waals surface area (Å²) in [4.78, 5) is 24.4. The van der Waals surface area contributed by atoms with Gasteiger partial charge in [0, 0.05) is 33.1 Å². The Kier molecular flexibility index (Phi) is 15.3. The smallest absolute Gasteiger partial charge is 0.193 e. The fraction of sp³-hybridized carbons (Fsp3) is 0.123. The molecule has 8 aromatic carbocycles. The normalized spacial score (nSPS) is 11.0. The lowest BCUT2D eigenvalue weighted by Crippen LogP contribution is -2.18. The number of carbonyl (C=O) groups excluding carboxylic acids is 2. The highest BCUT2D eigenvalue weighted by molar-refractivity contribution is 6.09. The van der Waals surface area contributed by atoms with Crippen molar-refractivity contribution in [1.29, 1.82) is 0 Å². The van der Waals surface area contributed by atoms with E-state index >= 15 is 0 Å². The van der Waals surface area contributed by atoms with Gasteiger partial charge in [0.2, 0.25) is 0 Å². The Morgan fingerprint density at radius 1 is 0.364 bits per heavy atom. The zero-order chi connectivity index (χ0) is 47.4. The Morgan fingerprint density at radius 3 is 0.864 bits per heavy atom. The standard InChI is InChI=1S/C29H25FO3.C15H16O2.C13H8F2O/c1-29(2,22-8-16-25(32-3)17-9-22)23-10-18-27(19-11-23)33-26-14-6-21(7-15-26)28(31)20-4-12-24(30)13-5-20;1-15(2,11-3-7-13(16)8-4-11)12-5-9-14(17)10-6-12;14-11-5-1-9(2-6-11)13(16)10-3-7-12(15)8-4-10/h4-19H,1-3H3;3-10,16-17H,1-2H3;1-8H. The molecule has 334 valence electrons. The predicted molar refractivity (Wildman–Crippen MR) is 252 cm³/mol. The molecule has 9 heteroatoms. The molecule has 0 spiro atoms. The first-order valence-electron chi connectivity index (χ1n) is 21.0. The Hall–Kier alpha value is -7.91. The van der Waals surface area contributed by atoms with Gasteiger partial charge in [-0.25, -0.2) is 13.2 Å². The van der Waals surface area contributed by atoms with Crippen molar-refractivity contribution in [2.45, 2.75) is 38.5 Å². The lowest BCUT2D eigenvalue weighted by Gasteiger charge is -2.26. The van der Waals surface area contributed by atoms with Gasteiger partial charge in [-0.2, -0.15) is 0 Å². The molecule has 2 N–H and O–H groups in total. The molecule has 0 saturated heterocycles. The molecule has 0 aromatic heterocycles. The molecule has 8 rings (SSSR count). The highest BCUT2D eigenvalue weighted by Crippen LogP contribution is 2.35. The van der Waals surface area contributed by atoms with Gasteiger partial charge in [0.05, 0.1) is 7.11 Å². The summed E-state index contributed by atoms with van der Waals surface area (Å²) in [7, 11) is 1.66. The summed E-state index contributed by atoms with van der Waals surface area (Å²) in [6.45, 7) is 8.60. The average molecular weight is 887 g/mol. The van der Waals surface area contributed by atoms with Crippen molar-refractivity contribution in [2.75, 3.05) is 7.11 Å². The van der Waals surface area contributed by atoms with Gasteiger partial charge < -0.3 is 19.7 Å². The number of phenolic OH excluding ortho intramolecular Hbond substituents is 2. The zero-order valence-electron chi connectivity index (χ0n) is 37.1. The van der Waals surface area contributed by atoms with E-state index in [0.29, 0.717) is 33.8 Å². The molecule has 0 bridgehead atoms. The third-order valence-electron chi connectivity index (χ3n) is 11.2. The van der Waals surface area contributed by atoms with Gasteiger partial charge in [0.1, 0.15) is 46.2 Å². The lowest BCUT2D eigenvalue weighted by molar-refractivity contribution is 0.103. The minimum Gasteiger partial charge on any atom is -0.508 e. The van der Waals surface area contributed by atoms with Crippen molar-refractivity contribution in [3.63, 3.8) is 0 Å². The molecular formula is C57H49F3O6. The van der Waals surface area contributed by atoms with Crippen LogP contribution < -0.4 is 9.47 Å². The van der Waals surface area contributed by atoms with Gasteiger partial charge in [-0.3, -0.25) is 9.59 Å². The number of benzene rings is 8. The second kappa shape index (κ2) is 21.2. The lowest BCUT2D eigenvalue weighted by atomic mass is 9.78. The molecule has 8 aromatic rings. The van der Waals surface area contributed by atoms with E-state index in [1.807, 2.05) is 48.5 Å². The third-order valence-corrected chi connectivity index (χ3v) is 11.2. The van der Waals surface area contributed by atoms with Crippen LogP contribution in [0.2, 0.25) is 0 Å². The predicted octanol–water partition coefficient (Wildman–Crippen LogP) is 13.8. The van der Waals surface area contributed by atoms with Gasteiger partial charge in [-0.05, 0) is 168 Å². The van der Waals surface area contributed by atoms with E-state index in [0.717, 1.165) is 16.9 Å². The quantitative estimate of drug-likeness (QED) is 0.126. The summed E-state index contributed by atoms with van der Waals surface area (Å²) in [5.74, 6) is 1.16. The Labute approximate surface area is 383 Å². The van der Waals surface area contributed by atoms with E-state index < -0.39 is 11.6 Å². The molecular weight excluding hydrogens is 838 g/mol.